The molecule has 8 heteroatoms. The summed E-state index contributed by atoms with van der Waals surface area (Å²) in [5.41, 5.74) is 0.408. The van der Waals surface area contributed by atoms with Crippen LogP contribution in [0.25, 0.3) is 0 Å². The van der Waals surface area contributed by atoms with Gasteiger partial charge in [0, 0.05) is 11.6 Å². The second kappa shape index (κ2) is 6.09. The third-order valence-electron chi connectivity index (χ3n) is 5.27. The minimum atomic E-state index is -0.570. The lowest BCUT2D eigenvalue weighted by Crippen LogP contribution is -2.39. The van der Waals surface area contributed by atoms with Crippen LogP contribution in [0.1, 0.15) is 6.42 Å². The van der Waals surface area contributed by atoms with E-state index in [9.17, 15) is 18.8 Å². The van der Waals surface area contributed by atoms with Crippen LogP contribution in [-0.2, 0) is 23.9 Å². The summed E-state index contributed by atoms with van der Waals surface area (Å²) in [5.74, 6) is -2.83. The van der Waals surface area contributed by atoms with Gasteiger partial charge in [0.2, 0.25) is 0 Å². The number of hydrogen-bond donors (Lipinski definition) is 1. The number of rotatable bonds is 4. The highest BCUT2D eigenvalue weighted by Crippen LogP contribution is 2.60. The van der Waals surface area contributed by atoms with Crippen LogP contribution in [-0.4, -0.2) is 35.4 Å². The van der Waals surface area contributed by atoms with Gasteiger partial charge in [0.15, 0.2) is 6.61 Å². The summed E-state index contributed by atoms with van der Waals surface area (Å²) in [7, 11) is 0. The molecule has 0 radical (unpaired) electrons. The van der Waals surface area contributed by atoms with Gasteiger partial charge in [-0.1, -0.05) is 15.9 Å². The fraction of sp³-hybridized carbons (Fsp3) is 0.471. The van der Waals surface area contributed by atoms with Gasteiger partial charge in [-0.05, 0) is 36.6 Å². The van der Waals surface area contributed by atoms with Crippen molar-refractivity contribution in [2.24, 2.45) is 23.7 Å². The molecule has 2 aliphatic carbocycles. The predicted octanol–water partition coefficient (Wildman–Crippen LogP) is 1.88. The number of fused-ring (bicyclic) bond motifs is 1. The maximum atomic E-state index is 12.8. The summed E-state index contributed by atoms with van der Waals surface area (Å²) < 4.78 is 23.3. The van der Waals surface area contributed by atoms with Crippen LogP contribution in [0.2, 0.25) is 0 Å². The summed E-state index contributed by atoms with van der Waals surface area (Å²) >= 11 is 3.52. The third kappa shape index (κ3) is 2.72. The largest absolute Gasteiger partial charge is 0.461 e. The van der Waals surface area contributed by atoms with Gasteiger partial charge in [-0.15, -0.1) is 0 Å². The first-order valence-electron chi connectivity index (χ1n) is 8.02. The zero-order valence-corrected chi connectivity index (χ0v) is 14.6. The fourth-order valence-corrected chi connectivity index (χ4v) is 5.30. The third-order valence-corrected chi connectivity index (χ3v) is 6.47. The Hall–Kier alpha value is -1.96. The van der Waals surface area contributed by atoms with E-state index in [1.54, 1.807) is 0 Å². The molecule has 25 heavy (non-hydrogen) atoms. The number of halogens is 2. The number of nitrogens with one attached hydrogen (secondary N) is 1. The molecule has 1 aromatic rings. The standard InChI is InChI=1S/C17H15BrFNO5/c18-14-9-5-10-13(17(23)25-15(10)14)12(9)16(22)24-6-11(21)20-8-3-1-7(19)2-4-8/h1-4,9-10,12-15H,5-6H2,(H,20,21)/t9-,10-,12-,13+,14-,15+/m1/s1. The van der Waals surface area contributed by atoms with Crippen LogP contribution in [0.5, 0.6) is 0 Å². The summed E-state index contributed by atoms with van der Waals surface area (Å²) in [4.78, 5) is 36.3. The Morgan fingerprint density at radius 3 is 2.72 bits per heavy atom. The Labute approximate surface area is 151 Å². The highest BCUT2D eigenvalue weighted by Gasteiger charge is 2.68. The van der Waals surface area contributed by atoms with Gasteiger partial charge < -0.3 is 14.8 Å². The van der Waals surface area contributed by atoms with Crippen LogP contribution in [0.4, 0.5) is 10.1 Å². The normalized spacial score (nSPS) is 34.7. The highest BCUT2D eigenvalue weighted by molar-refractivity contribution is 9.09. The minimum absolute atomic E-state index is 0.0147. The number of esters is 2. The van der Waals surface area contributed by atoms with Crippen molar-refractivity contribution in [1.29, 1.82) is 0 Å². The average molecular weight is 412 g/mol. The van der Waals surface area contributed by atoms with Crippen LogP contribution in [0.3, 0.4) is 0 Å². The zero-order valence-electron chi connectivity index (χ0n) is 13.0. The van der Waals surface area contributed by atoms with Crippen LogP contribution in [0, 0.1) is 29.5 Å². The molecule has 0 spiro atoms. The molecule has 1 amide bonds. The summed E-state index contributed by atoms with van der Waals surface area (Å²) in [6, 6.07) is 5.26. The molecule has 132 valence electrons. The Balaban J connectivity index is 1.35. The maximum Gasteiger partial charge on any atom is 0.310 e. The summed E-state index contributed by atoms with van der Waals surface area (Å²) in [5, 5.41) is 2.52. The van der Waals surface area contributed by atoms with E-state index >= 15 is 0 Å². The van der Waals surface area contributed by atoms with Gasteiger partial charge in [-0.25, -0.2) is 4.39 Å². The van der Waals surface area contributed by atoms with E-state index in [2.05, 4.69) is 21.2 Å². The number of carbonyl (C=O) groups is 3. The lowest BCUT2D eigenvalue weighted by molar-refractivity contribution is -0.157. The molecule has 1 saturated heterocycles. The number of alkyl halides is 1. The lowest BCUT2D eigenvalue weighted by atomic mass is 9.80. The average Bonchev–Trinajstić information content (AvgIpc) is 3.19. The molecule has 1 aliphatic heterocycles. The molecular weight excluding hydrogens is 397 g/mol. The molecule has 1 N–H and O–H groups in total. The highest BCUT2D eigenvalue weighted by atomic mass is 79.9. The van der Waals surface area contributed by atoms with Gasteiger partial charge in [0.25, 0.3) is 5.91 Å². The summed E-state index contributed by atoms with van der Waals surface area (Å²) in [6.07, 6.45) is 0.590. The number of hydrogen-bond acceptors (Lipinski definition) is 5. The fourth-order valence-electron chi connectivity index (χ4n) is 4.26. The lowest BCUT2D eigenvalue weighted by Gasteiger charge is -2.26. The van der Waals surface area contributed by atoms with Crippen molar-refractivity contribution in [2.75, 3.05) is 11.9 Å². The predicted molar refractivity (Wildman–Crippen MR) is 87.2 cm³/mol. The van der Waals surface area contributed by atoms with Crippen LogP contribution >= 0.6 is 15.9 Å². The van der Waals surface area contributed by atoms with Crippen molar-refractivity contribution in [2.45, 2.75) is 17.4 Å². The molecule has 3 fully saturated rings. The van der Waals surface area contributed by atoms with E-state index in [1.165, 1.54) is 24.3 Å². The first-order valence-corrected chi connectivity index (χ1v) is 8.94. The van der Waals surface area contributed by atoms with Gasteiger partial charge >= 0.3 is 11.9 Å². The second-order valence-corrected chi connectivity index (χ2v) is 7.68. The van der Waals surface area contributed by atoms with E-state index in [1.807, 2.05) is 0 Å². The Morgan fingerprint density at radius 1 is 1.28 bits per heavy atom. The van der Waals surface area contributed by atoms with Gasteiger partial charge in [0.05, 0.1) is 16.7 Å². The SMILES string of the molecule is O=C(COC(=O)[C@@H]1[C@H]2C[C@H]3[C@H](OC(=O)[C@@H]31)[C@@H]2Br)Nc1ccc(F)cc1. The molecule has 2 saturated carbocycles. The molecule has 6 atom stereocenters. The van der Waals surface area contributed by atoms with Gasteiger partial charge in [0.1, 0.15) is 11.9 Å². The van der Waals surface area contributed by atoms with E-state index < -0.39 is 36.1 Å². The number of anilines is 1. The molecule has 1 heterocycles. The monoisotopic (exact) mass is 411 g/mol. The molecular formula is C17H15BrFNO5. The van der Waals surface area contributed by atoms with Gasteiger partial charge in [-0.2, -0.15) is 0 Å². The number of benzene rings is 1. The van der Waals surface area contributed by atoms with Crippen molar-refractivity contribution < 1.29 is 28.2 Å². The van der Waals surface area contributed by atoms with E-state index in [4.69, 9.17) is 9.47 Å². The molecule has 1 aromatic carbocycles. The minimum Gasteiger partial charge on any atom is -0.461 e. The van der Waals surface area contributed by atoms with Crippen molar-refractivity contribution >= 4 is 39.5 Å². The molecule has 4 rings (SSSR count). The van der Waals surface area contributed by atoms with E-state index in [-0.39, 0.29) is 28.7 Å². The van der Waals surface area contributed by atoms with Crippen molar-refractivity contribution in [1.82, 2.24) is 0 Å². The first kappa shape index (κ1) is 16.5. The molecule has 0 unspecified atom stereocenters. The molecule has 0 aromatic heterocycles. The van der Waals surface area contributed by atoms with Crippen molar-refractivity contribution in [3.63, 3.8) is 0 Å². The van der Waals surface area contributed by atoms with E-state index in [0.717, 1.165) is 6.42 Å². The first-order chi connectivity index (χ1) is 12.0. The Bertz CT molecular complexity index is 739. The van der Waals surface area contributed by atoms with Crippen molar-refractivity contribution in [3.8, 4) is 0 Å². The topological polar surface area (TPSA) is 81.7 Å². The molecule has 2 bridgehead atoms. The Kier molecular flexibility index (Phi) is 4.02. The van der Waals surface area contributed by atoms with Crippen LogP contribution in [0.15, 0.2) is 24.3 Å². The number of carbonyl (C=O) groups excluding carboxylic acids is 3. The molecule has 3 aliphatic rings. The molecule has 6 nitrogen and oxygen atoms in total. The quantitative estimate of drug-likeness (QED) is 0.604. The second-order valence-electron chi connectivity index (χ2n) is 6.62. The van der Waals surface area contributed by atoms with Crippen LogP contribution < -0.4 is 5.32 Å². The Morgan fingerprint density at radius 2 is 2.00 bits per heavy atom. The number of ether oxygens (including phenoxy) is 2. The van der Waals surface area contributed by atoms with Crippen molar-refractivity contribution in [3.05, 3.63) is 30.1 Å². The number of amides is 1. The van der Waals surface area contributed by atoms with Gasteiger partial charge in [-0.3, -0.25) is 14.4 Å². The smallest absolute Gasteiger partial charge is 0.310 e. The van der Waals surface area contributed by atoms with E-state index in [0.29, 0.717) is 5.69 Å². The maximum absolute atomic E-state index is 12.8. The zero-order chi connectivity index (χ0) is 17.7. The summed E-state index contributed by atoms with van der Waals surface area (Å²) in [6.45, 7) is -0.456.